The van der Waals surface area contributed by atoms with Gasteiger partial charge in [-0.05, 0) is 30.7 Å². The fraction of sp³-hybridized carbons (Fsp3) is 0.312. The van der Waals surface area contributed by atoms with Gasteiger partial charge in [0.25, 0.3) is 0 Å². The van der Waals surface area contributed by atoms with Crippen molar-refractivity contribution in [2.75, 3.05) is 13.1 Å². The fourth-order valence-corrected chi connectivity index (χ4v) is 3.43. The lowest BCUT2D eigenvalue weighted by Gasteiger charge is -2.17. The Morgan fingerprint density at radius 1 is 1.43 bits per heavy atom. The van der Waals surface area contributed by atoms with Crippen molar-refractivity contribution < 1.29 is 0 Å². The summed E-state index contributed by atoms with van der Waals surface area (Å²) in [6.07, 6.45) is 5.09. The van der Waals surface area contributed by atoms with Crippen LogP contribution in [0, 0.1) is 0 Å². The van der Waals surface area contributed by atoms with Gasteiger partial charge in [-0.15, -0.1) is 11.3 Å². The third-order valence-corrected chi connectivity index (χ3v) is 4.57. The van der Waals surface area contributed by atoms with Crippen LogP contribution in [-0.2, 0) is 6.42 Å². The summed E-state index contributed by atoms with van der Waals surface area (Å²) in [5.41, 5.74) is 2.39. The number of hydrogen-bond donors (Lipinski definition) is 1. The van der Waals surface area contributed by atoms with Gasteiger partial charge in [-0.1, -0.05) is 30.7 Å². The van der Waals surface area contributed by atoms with Crippen molar-refractivity contribution in [3.8, 4) is 0 Å². The molecule has 2 heterocycles. The average molecular weight is 320 g/mol. The van der Waals surface area contributed by atoms with Crippen LogP contribution in [0.5, 0.6) is 0 Å². The standard InChI is InChI=1S/C16H18ClN3S/c1-2-18-10-13(12-4-3-5-14(17)8-12)9-15-11-20-6-7-21-16(20)19-15/h3-8,11,13,18H,2,9-10H2,1H3. The van der Waals surface area contributed by atoms with E-state index in [-0.39, 0.29) is 0 Å². The van der Waals surface area contributed by atoms with Gasteiger partial charge in [-0.25, -0.2) is 4.98 Å². The molecule has 0 aliphatic carbocycles. The molecular formula is C16H18ClN3S. The van der Waals surface area contributed by atoms with E-state index in [1.807, 2.05) is 12.1 Å². The number of fused-ring (bicyclic) bond motifs is 1. The predicted molar refractivity (Wildman–Crippen MR) is 89.5 cm³/mol. The molecule has 0 saturated heterocycles. The zero-order valence-electron chi connectivity index (χ0n) is 11.9. The number of imidazole rings is 1. The second kappa shape index (κ2) is 6.60. The van der Waals surface area contributed by atoms with E-state index in [0.717, 1.165) is 35.2 Å². The zero-order chi connectivity index (χ0) is 14.7. The lowest BCUT2D eigenvalue weighted by atomic mass is 9.94. The summed E-state index contributed by atoms with van der Waals surface area (Å²) < 4.78 is 2.09. The van der Waals surface area contributed by atoms with Gasteiger partial charge in [0.15, 0.2) is 4.96 Å². The molecule has 110 valence electrons. The number of nitrogens with one attached hydrogen (secondary N) is 1. The first-order chi connectivity index (χ1) is 10.3. The predicted octanol–water partition coefficient (Wildman–Crippen LogP) is 3.99. The van der Waals surface area contributed by atoms with Gasteiger partial charge in [0.2, 0.25) is 0 Å². The van der Waals surface area contributed by atoms with Crippen LogP contribution in [-0.4, -0.2) is 22.5 Å². The zero-order valence-corrected chi connectivity index (χ0v) is 13.5. The summed E-state index contributed by atoms with van der Waals surface area (Å²) in [6.45, 7) is 4.03. The number of nitrogens with zero attached hydrogens (tertiary/aromatic N) is 2. The first-order valence-corrected chi connectivity index (χ1v) is 8.39. The van der Waals surface area contributed by atoms with Gasteiger partial charge in [0.05, 0.1) is 5.69 Å². The summed E-state index contributed by atoms with van der Waals surface area (Å²) in [5, 5.41) is 6.29. The minimum absolute atomic E-state index is 0.383. The number of halogens is 1. The third kappa shape index (κ3) is 3.46. The van der Waals surface area contributed by atoms with E-state index >= 15 is 0 Å². The van der Waals surface area contributed by atoms with Crippen LogP contribution in [0.25, 0.3) is 4.96 Å². The number of likely N-dealkylation sites (N-methyl/N-ethyl adjacent to an activating group) is 1. The lowest BCUT2D eigenvalue weighted by molar-refractivity contribution is 0.590. The number of aromatic nitrogens is 2. The molecule has 2 aromatic heterocycles. The van der Waals surface area contributed by atoms with Gasteiger partial charge in [0, 0.05) is 35.3 Å². The molecule has 0 amide bonds. The first kappa shape index (κ1) is 14.6. The topological polar surface area (TPSA) is 29.3 Å². The van der Waals surface area contributed by atoms with Crippen molar-refractivity contribution in [2.45, 2.75) is 19.3 Å². The summed E-state index contributed by atoms with van der Waals surface area (Å²) in [4.78, 5) is 5.74. The molecule has 3 nitrogen and oxygen atoms in total. The van der Waals surface area contributed by atoms with E-state index in [9.17, 15) is 0 Å². The van der Waals surface area contributed by atoms with Gasteiger partial charge < -0.3 is 5.32 Å². The largest absolute Gasteiger partial charge is 0.316 e. The number of benzene rings is 1. The van der Waals surface area contributed by atoms with Crippen molar-refractivity contribution in [1.82, 2.24) is 14.7 Å². The Bertz CT molecular complexity index is 690. The van der Waals surface area contributed by atoms with Gasteiger partial charge in [-0.3, -0.25) is 4.40 Å². The molecule has 5 heteroatoms. The summed E-state index contributed by atoms with van der Waals surface area (Å²) in [7, 11) is 0. The fourth-order valence-electron chi connectivity index (χ4n) is 2.51. The smallest absolute Gasteiger partial charge is 0.193 e. The number of thiazole rings is 1. The molecule has 1 N–H and O–H groups in total. The molecular weight excluding hydrogens is 302 g/mol. The Morgan fingerprint density at radius 3 is 3.10 bits per heavy atom. The molecule has 1 aromatic carbocycles. The monoisotopic (exact) mass is 319 g/mol. The van der Waals surface area contributed by atoms with E-state index in [4.69, 9.17) is 11.6 Å². The minimum atomic E-state index is 0.383. The molecule has 0 bridgehead atoms. The molecule has 3 rings (SSSR count). The Kier molecular flexibility index (Phi) is 4.58. The maximum Gasteiger partial charge on any atom is 0.193 e. The van der Waals surface area contributed by atoms with Crippen molar-refractivity contribution in [3.05, 3.63) is 58.3 Å². The van der Waals surface area contributed by atoms with Gasteiger partial charge >= 0.3 is 0 Å². The van der Waals surface area contributed by atoms with Crippen molar-refractivity contribution >= 4 is 27.9 Å². The Hall–Kier alpha value is -1.36. The highest BCUT2D eigenvalue weighted by molar-refractivity contribution is 7.15. The second-order valence-electron chi connectivity index (χ2n) is 5.09. The molecule has 0 aliphatic heterocycles. The highest BCUT2D eigenvalue weighted by Gasteiger charge is 2.15. The molecule has 0 fully saturated rings. The Labute approximate surface area is 133 Å². The van der Waals surface area contributed by atoms with Crippen LogP contribution in [0.4, 0.5) is 0 Å². The number of rotatable bonds is 6. The minimum Gasteiger partial charge on any atom is -0.316 e. The summed E-state index contributed by atoms with van der Waals surface area (Å²) >= 11 is 7.80. The quantitative estimate of drug-likeness (QED) is 0.744. The number of hydrogen-bond acceptors (Lipinski definition) is 3. The molecule has 1 unspecified atom stereocenters. The van der Waals surface area contributed by atoms with Crippen molar-refractivity contribution in [3.63, 3.8) is 0 Å². The van der Waals surface area contributed by atoms with Crippen LogP contribution in [0.3, 0.4) is 0 Å². The van der Waals surface area contributed by atoms with Gasteiger partial charge in [0.1, 0.15) is 0 Å². The molecule has 21 heavy (non-hydrogen) atoms. The van der Waals surface area contributed by atoms with Crippen molar-refractivity contribution in [2.24, 2.45) is 0 Å². The molecule has 1 atom stereocenters. The van der Waals surface area contributed by atoms with E-state index in [1.165, 1.54) is 5.56 Å². The third-order valence-electron chi connectivity index (χ3n) is 3.56. The SMILES string of the molecule is CCNCC(Cc1cn2ccsc2n1)c1cccc(Cl)c1. The highest BCUT2D eigenvalue weighted by atomic mass is 35.5. The average Bonchev–Trinajstić information content (AvgIpc) is 3.04. The van der Waals surface area contributed by atoms with Crippen LogP contribution in [0.15, 0.2) is 42.0 Å². The molecule has 3 aromatic rings. The van der Waals surface area contributed by atoms with Crippen LogP contribution >= 0.6 is 22.9 Å². The molecule has 0 aliphatic rings. The summed E-state index contributed by atoms with van der Waals surface area (Å²) in [6, 6.07) is 8.14. The van der Waals surface area contributed by atoms with E-state index in [1.54, 1.807) is 11.3 Å². The van der Waals surface area contributed by atoms with Crippen LogP contribution < -0.4 is 5.32 Å². The second-order valence-corrected chi connectivity index (χ2v) is 6.40. The van der Waals surface area contributed by atoms with Crippen molar-refractivity contribution in [1.29, 1.82) is 0 Å². The lowest BCUT2D eigenvalue weighted by Crippen LogP contribution is -2.22. The van der Waals surface area contributed by atoms with E-state index in [0.29, 0.717) is 5.92 Å². The normalized spacial score (nSPS) is 12.9. The maximum atomic E-state index is 6.13. The Balaban J connectivity index is 1.83. The molecule has 0 spiro atoms. The van der Waals surface area contributed by atoms with E-state index < -0.39 is 0 Å². The van der Waals surface area contributed by atoms with E-state index in [2.05, 4.69) is 51.5 Å². The molecule has 0 radical (unpaired) electrons. The highest BCUT2D eigenvalue weighted by Crippen LogP contribution is 2.24. The Morgan fingerprint density at radius 2 is 2.33 bits per heavy atom. The maximum absolute atomic E-state index is 6.13. The molecule has 0 saturated carbocycles. The first-order valence-electron chi connectivity index (χ1n) is 7.13. The van der Waals surface area contributed by atoms with Crippen LogP contribution in [0.2, 0.25) is 5.02 Å². The van der Waals surface area contributed by atoms with Gasteiger partial charge in [-0.2, -0.15) is 0 Å². The summed E-state index contributed by atoms with van der Waals surface area (Å²) in [5.74, 6) is 0.383. The van der Waals surface area contributed by atoms with Crippen LogP contribution in [0.1, 0.15) is 24.1 Å².